The average Bonchev–Trinajstić information content (AvgIpc) is 2.79. The summed E-state index contributed by atoms with van der Waals surface area (Å²) in [6, 6.07) is 13.8. The van der Waals surface area contributed by atoms with Crippen molar-refractivity contribution < 1.29 is 10.2 Å². The molecule has 0 radical (unpaired) electrons. The van der Waals surface area contributed by atoms with Crippen molar-refractivity contribution >= 4 is 5.52 Å². The van der Waals surface area contributed by atoms with Gasteiger partial charge in [-0.05, 0) is 30.2 Å². The largest absolute Gasteiger partial charge is 0.364 e. The van der Waals surface area contributed by atoms with Crippen LogP contribution in [0.1, 0.15) is 41.5 Å². The van der Waals surface area contributed by atoms with Crippen molar-refractivity contribution in [3.05, 3.63) is 71.0 Å². The lowest BCUT2D eigenvalue weighted by atomic mass is 9.94. The van der Waals surface area contributed by atoms with E-state index in [1.165, 1.54) is 5.56 Å². The predicted octanol–water partition coefficient (Wildman–Crippen LogP) is 2.78. The van der Waals surface area contributed by atoms with Crippen molar-refractivity contribution in [1.82, 2.24) is 9.61 Å². The highest BCUT2D eigenvalue weighted by atomic mass is 16.5. The van der Waals surface area contributed by atoms with Crippen LogP contribution in [0.5, 0.6) is 0 Å². The Kier molecular flexibility index (Phi) is 3.49. The maximum atomic E-state index is 9.68. The van der Waals surface area contributed by atoms with Crippen LogP contribution in [0.4, 0.5) is 0 Å². The summed E-state index contributed by atoms with van der Waals surface area (Å²) >= 11 is 0. The van der Waals surface area contributed by atoms with Gasteiger partial charge < -0.3 is 10.2 Å². The Labute approximate surface area is 123 Å². The van der Waals surface area contributed by atoms with E-state index in [9.17, 15) is 10.2 Å². The summed E-state index contributed by atoms with van der Waals surface area (Å²) < 4.78 is 1.81. The number of fused-ring (bicyclic) bond motifs is 1. The highest BCUT2D eigenvalue weighted by Gasteiger charge is 2.23. The smallest absolute Gasteiger partial charge is 0.180 e. The van der Waals surface area contributed by atoms with Gasteiger partial charge in [0.25, 0.3) is 0 Å². The molecule has 1 aromatic carbocycles. The molecule has 0 aliphatic rings. The van der Waals surface area contributed by atoms with Crippen LogP contribution >= 0.6 is 0 Å². The second-order valence-corrected chi connectivity index (χ2v) is 5.25. The highest BCUT2D eigenvalue weighted by molar-refractivity contribution is 5.62. The maximum Gasteiger partial charge on any atom is 0.180 e. The van der Waals surface area contributed by atoms with Crippen LogP contribution in [0.25, 0.3) is 5.52 Å². The van der Waals surface area contributed by atoms with E-state index in [4.69, 9.17) is 0 Å². The quantitative estimate of drug-likeness (QED) is 0.726. The number of aliphatic hydroxyl groups excluding tert-OH is 1. The minimum Gasteiger partial charge on any atom is -0.364 e. The molecule has 21 heavy (non-hydrogen) atoms. The van der Waals surface area contributed by atoms with Crippen LogP contribution < -0.4 is 0 Å². The number of benzene rings is 1. The van der Waals surface area contributed by atoms with Crippen molar-refractivity contribution in [1.29, 1.82) is 0 Å². The highest BCUT2D eigenvalue weighted by Crippen LogP contribution is 2.34. The monoisotopic (exact) mass is 282 g/mol. The molecule has 2 heterocycles. The van der Waals surface area contributed by atoms with E-state index < -0.39 is 6.29 Å². The Balaban J connectivity index is 2.26. The Morgan fingerprint density at radius 2 is 1.76 bits per heavy atom. The van der Waals surface area contributed by atoms with Crippen molar-refractivity contribution in [2.75, 3.05) is 0 Å². The maximum absolute atomic E-state index is 9.68. The van der Waals surface area contributed by atoms with Crippen molar-refractivity contribution in [3.8, 4) is 0 Å². The summed E-state index contributed by atoms with van der Waals surface area (Å²) in [5.74, 6) is 0.112. The molecular weight excluding hydrogens is 264 g/mol. The summed E-state index contributed by atoms with van der Waals surface area (Å²) in [6.07, 6.45) is 0.210. The van der Waals surface area contributed by atoms with E-state index in [2.05, 4.69) is 24.2 Å². The Hall–Kier alpha value is -2.17. The molecule has 0 saturated heterocycles. The molecule has 0 spiro atoms. The predicted molar refractivity (Wildman–Crippen MR) is 81.1 cm³/mol. The molecule has 0 bridgehead atoms. The van der Waals surface area contributed by atoms with Gasteiger partial charge in [0.15, 0.2) is 6.29 Å². The van der Waals surface area contributed by atoms with E-state index >= 15 is 0 Å². The van der Waals surface area contributed by atoms with E-state index in [1.54, 1.807) is 12.3 Å². The molecule has 3 aromatic rings. The number of hydrogen-bond acceptors (Lipinski definition) is 3. The summed E-state index contributed by atoms with van der Waals surface area (Å²) in [6.45, 7) is 4.02. The van der Waals surface area contributed by atoms with Gasteiger partial charge in [-0.1, -0.05) is 37.3 Å². The van der Waals surface area contributed by atoms with E-state index in [-0.39, 0.29) is 5.92 Å². The zero-order valence-corrected chi connectivity index (χ0v) is 12.1. The molecular formula is C17H18N2O2. The lowest BCUT2D eigenvalue weighted by molar-refractivity contribution is -0.0417. The fraction of sp³-hybridized carbons (Fsp3) is 0.235. The van der Waals surface area contributed by atoms with Crippen molar-refractivity contribution in [2.24, 2.45) is 0 Å². The third kappa shape index (κ3) is 2.22. The molecule has 0 amide bonds. The second-order valence-electron chi connectivity index (χ2n) is 5.25. The molecule has 4 heteroatoms. The molecule has 0 fully saturated rings. The molecule has 1 atom stereocenters. The number of rotatable bonds is 3. The summed E-state index contributed by atoms with van der Waals surface area (Å²) in [7, 11) is 0. The van der Waals surface area contributed by atoms with Crippen LogP contribution in [0.2, 0.25) is 0 Å². The third-order valence-electron chi connectivity index (χ3n) is 4.01. The standard InChI is InChI=1S/C17H18N2O2/c1-11(13-7-4-3-5-8-13)16-12(2)15(17(20)21)14-9-6-10-18-19(14)16/h3-11,17,20-21H,1-2H3. The molecule has 0 saturated carbocycles. The average molecular weight is 282 g/mol. The molecule has 0 aliphatic carbocycles. The molecule has 2 aromatic heterocycles. The number of nitrogens with zero attached hydrogens (tertiary/aromatic N) is 2. The number of aliphatic hydroxyl groups is 2. The molecule has 3 rings (SSSR count). The van der Waals surface area contributed by atoms with Crippen LogP contribution in [-0.2, 0) is 0 Å². The second kappa shape index (κ2) is 5.31. The van der Waals surface area contributed by atoms with Crippen LogP contribution in [0, 0.1) is 6.92 Å². The number of hydrogen-bond donors (Lipinski definition) is 2. The van der Waals surface area contributed by atoms with Crippen LogP contribution in [-0.4, -0.2) is 19.8 Å². The first kappa shape index (κ1) is 13.8. The summed E-state index contributed by atoms with van der Waals surface area (Å²) in [5, 5.41) is 23.8. The molecule has 2 N–H and O–H groups in total. The van der Waals surface area contributed by atoms with Gasteiger partial charge in [0.2, 0.25) is 0 Å². The summed E-state index contributed by atoms with van der Waals surface area (Å²) in [5.41, 5.74) is 4.30. The summed E-state index contributed by atoms with van der Waals surface area (Å²) in [4.78, 5) is 0. The van der Waals surface area contributed by atoms with Gasteiger partial charge >= 0.3 is 0 Å². The fourth-order valence-corrected chi connectivity index (χ4v) is 2.99. The topological polar surface area (TPSA) is 57.8 Å². The molecule has 108 valence electrons. The molecule has 4 nitrogen and oxygen atoms in total. The minimum absolute atomic E-state index is 0.112. The van der Waals surface area contributed by atoms with E-state index in [1.807, 2.05) is 35.7 Å². The lowest BCUT2D eigenvalue weighted by Crippen LogP contribution is -2.04. The van der Waals surface area contributed by atoms with Gasteiger partial charge in [0.05, 0.1) is 11.2 Å². The first-order chi connectivity index (χ1) is 10.1. The van der Waals surface area contributed by atoms with Gasteiger partial charge in [-0.25, -0.2) is 4.52 Å². The van der Waals surface area contributed by atoms with E-state index in [0.29, 0.717) is 5.56 Å². The number of aromatic nitrogens is 2. The van der Waals surface area contributed by atoms with Gasteiger partial charge in [0, 0.05) is 17.7 Å². The first-order valence-electron chi connectivity index (χ1n) is 6.98. The van der Waals surface area contributed by atoms with E-state index in [0.717, 1.165) is 16.8 Å². The Morgan fingerprint density at radius 1 is 1.05 bits per heavy atom. The van der Waals surface area contributed by atoms with Crippen molar-refractivity contribution in [3.63, 3.8) is 0 Å². The lowest BCUT2D eigenvalue weighted by Gasteiger charge is -2.13. The van der Waals surface area contributed by atoms with Crippen molar-refractivity contribution in [2.45, 2.75) is 26.1 Å². The van der Waals surface area contributed by atoms with Gasteiger partial charge in [0.1, 0.15) is 0 Å². The van der Waals surface area contributed by atoms with Gasteiger partial charge in [-0.15, -0.1) is 0 Å². The third-order valence-corrected chi connectivity index (χ3v) is 4.01. The Morgan fingerprint density at radius 3 is 2.43 bits per heavy atom. The zero-order valence-electron chi connectivity index (χ0n) is 12.1. The zero-order chi connectivity index (χ0) is 15.0. The molecule has 0 aliphatic heterocycles. The first-order valence-corrected chi connectivity index (χ1v) is 6.98. The molecule has 1 unspecified atom stereocenters. The minimum atomic E-state index is -1.50. The van der Waals surface area contributed by atoms with Crippen LogP contribution in [0.3, 0.4) is 0 Å². The van der Waals surface area contributed by atoms with Gasteiger partial charge in [-0.2, -0.15) is 5.10 Å². The SMILES string of the molecule is Cc1c(C(O)O)c2cccnn2c1C(C)c1ccccc1. The van der Waals surface area contributed by atoms with Gasteiger partial charge in [-0.3, -0.25) is 0 Å². The Bertz CT molecular complexity index is 763. The normalized spacial score (nSPS) is 13.0. The van der Waals surface area contributed by atoms with Crippen LogP contribution in [0.15, 0.2) is 48.7 Å². The fourth-order valence-electron chi connectivity index (χ4n) is 2.99.